The number of ketones is 1. The van der Waals surface area contributed by atoms with E-state index in [0.29, 0.717) is 44.1 Å². The van der Waals surface area contributed by atoms with E-state index in [0.717, 1.165) is 24.8 Å². The fourth-order valence-electron chi connectivity index (χ4n) is 10.1. The van der Waals surface area contributed by atoms with Crippen molar-refractivity contribution in [3.05, 3.63) is 35.5 Å². The van der Waals surface area contributed by atoms with Gasteiger partial charge in [-0.05, 0) is 83.6 Å². The Kier molecular flexibility index (Phi) is 28.2. The number of Topliss-reactive ketones (excluding diaryl/α,β-unsaturated/α-hetero) is 1. The first-order valence-corrected chi connectivity index (χ1v) is 26.6. The van der Waals surface area contributed by atoms with Crippen molar-refractivity contribution in [1.29, 1.82) is 0 Å². The molecule has 0 saturated carbocycles. The molecule has 1 saturated heterocycles. The average molecular weight is 963 g/mol. The molecule has 13 unspecified atom stereocenters. The maximum Gasteiger partial charge on any atom is 0.331 e. The molecule has 0 aliphatic carbocycles. The molecule has 2 aliphatic heterocycles. The van der Waals surface area contributed by atoms with Crippen LogP contribution in [0.15, 0.2) is 35.5 Å². The van der Waals surface area contributed by atoms with Crippen molar-refractivity contribution < 1.29 is 59.2 Å². The molecule has 12 heteroatoms. The summed E-state index contributed by atoms with van der Waals surface area (Å²) in [6.45, 7) is 22.0. The predicted molar refractivity (Wildman–Crippen MR) is 270 cm³/mol. The molecule has 12 nitrogen and oxygen atoms in total. The number of aliphatic hydroxyl groups is 6. The number of aliphatic hydroxyl groups excluding tert-OH is 6. The molecule has 0 spiro atoms. The van der Waals surface area contributed by atoms with Crippen molar-refractivity contribution >= 4 is 17.7 Å². The Bertz CT molecular complexity index is 1570. The lowest BCUT2D eigenvalue weighted by Crippen LogP contribution is -2.48. The second kappa shape index (κ2) is 31.1. The second-order valence-electron chi connectivity index (χ2n) is 22.3. The molecule has 0 aromatic rings. The number of unbranched alkanes of at least 4 members (excludes halogenated alkanes) is 12. The SMILES string of the molecule is C=C(CC(CC(O)C(C)C(O)CC(O)C(C)(C)C(O)C/C(C)=C/C(O)C1(C)OC2CC(C)CC(O)CC(C)C/C(C)=C\C(=O)OC1C2)OC(=O)CCCCCCCCCCCCCCC)C(C)=O. The van der Waals surface area contributed by atoms with Gasteiger partial charge in [-0.3, -0.25) is 9.59 Å². The number of fused-ring (bicyclic) bond motifs is 2. The van der Waals surface area contributed by atoms with Gasteiger partial charge < -0.3 is 44.8 Å². The van der Waals surface area contributed by atoms with Crippen LogP contribution in [0.2, 0.25) is 0 Å². The molecule has 0 aromatic heterocycles. The summed E-state index contributed by atoms with van der Waals surface area (Å²) < 4.78 is 18.3. The number of rotatable bonds is 30. The minimum Gasteiger partial charge on any atom is -0.462 e. The molecule has 0 amide bonds. The number of esters is 2. The molecule has 2 bridgehead atoms. The molecule has 68 heavy (non-hydrogen) atoms. The maximum absolute atomic E-state index is 13.1. The number of allylic oxidation sites excluding steroid dienone is 1. The highest BCUT2D eigenvalue weighted by Gasteiger charge is 2.52. The summed E-state index contributed by atoms with van der Waals surface area (Å²) in [5.74, 6) is -1.59. The zero-order valence-corrected chi connectivity index (χ0v) is 44.2. The molecule has 2 heterocycles. The van der Waals surface area contributed by atoms with Crippen LogP contribution < -0.4 is 0 Å². The largest absolute Gasteiger partial charge is 0.462 e. The van der Waals surface area contributed by atoms with E-state index in [4.69, 9.17) is 14.2 Å². The summed E-state index contributed by atoms with van der Waals surface area (Å²) in [5, 5.41) is 68.1. The Balaban J connectivity index is 1.98. The van der Waals surface area contributed by atoms with E-state index in [2.05, 4.69) is 27.4 Å². The van der Waals surface area contributed by atoms with E-state index in [1.807, 2.05) is 6.92 Å². The molecule has 2 aliphatic rings. The third kappa shape index (κ3) is 22.3. The van der Waals surface area contributed by atoms with Gasteiger partial charge in [0, 0.05) is 49.5 Å². The summed E-state index contributed by atoms with van der Waals surface area (Å²) in [6, 6.07) is 0. The van der Waals surface area contributed by atoms with Gasteiger partial charge in [0.15, 0.2) is 5.78 Å². The Hall–Kier alpha value is -2.45. The van der Waals surface area contributed by atoms with Crippen LogP contribution in [0.25, 0.3) is 0 Å². The standard InChI is InChI=1S/C56H98O12/c1-12-13-14-15-16-17-18-19-20-21-22-23-24-25-53(64)66-45(33-41(6)43(8)57)34-47(59)42(7)48(60)36-50(62)55(9,10)49(61)30-40(5)31-51(63)56(11)52-35-46(68-56)29-39(4)28-44(58)27-37(2)26-38(3)32-54(65)67-52/h31-32,37,39,42,44-52,58-63H,6,12-30,33-36H2,1-5,7-11H3/b38-32-,40-31+. The Morgan fingerprint density at radius 3 is 1.96 bits per heavy atom. The van der Waals surface area contributed by atoms with Crippen LogP contribution in [-0.4, -0.2) is 109 Å². The van der Waals surface area contributed by atoms with Crippen LogP contribution in [0.4, 0.5) is 0 Å². The van der Waals surface area contributed by atoms with Crippen molar-refractivity contribution in [2.75, 3.05) is 0 Å². The molecule has 2 rings (SSSR count). The van der Waals surface area contributed by atoms with Crippen molar-refractivity contribution in [2.45, 2.75) is 277 Å². The normalized spacial score (nSPS) is 27.1. The first-order valence-electron chi connectivity index (χ1n) is 26.6. The van der Waals surface area contributed by atoms with Gasteiger partial charge in [-0.2, -0.15) is 0 Å². The third-order valence-electron chi connectivity index (χ3n) is 15.0. The van der Waals surface area contributed by atoms with Gasteiger partial charge >= 0.3 is 11.9 Å². The second-order valence-corrected chi connectivity index (χ2v) is 22.3. The third-order valence-corrected chi connectivity index (χ3v) is 15.0. The minimum atomic E-state index is -1.29. The van der Waals surface area contributed by atoms with Gasteiger partial charge in [-0.15, -0.1) is 0 Å². The Morgan fingerprint density at radius 2 is 1.38 bits per heavy atom. The van der Waals surface area contributed by atoms with E-state index < -0.39 is 77.7 Å². The number of hydrogen-bond acceptors (Lipinski definition) is 12. The number of carbonyl (C=O) groups excluding carboxylic acids is 3. The molecule has 13 atom stereocenters. The smallest absolute Gasteiger partial charge is 0.331 e. The lowest BCUT2D eigenvalue weighted by molar-refractivity contribution is -0.164. The van der Waals surface area contributed by atoms with Gasteiger partial charge in [0.1, 0.15) is 23.9 Å². The summed E-state index contributed by atoms with van der Waals surface area (Å²) in [6.07, 6.45) is 13.4. The van der Waals surface area contributed by atoms with Crippen molar-refractivity contribution in [3.63, 3.8) is 0 Å². The lowest BCUT2D eigenvalue weighted by atomic mass is 9.75. The van der Waals surface area contributed by atoms with Crippen LogP contribution in [0.1, 0.15) is 217 Å². The fraction of sp³-hybridized carbons (Fsp3) is 0.839. The number of hydrogen-bond donors (Lipinski definition) is 6. The first kappa shape index (κ1) is 61.7. The Labute approximate surface area is 411 Å². The number of carbonyl (C=O) groups is 3. The van der Waals surface area contributed by atoms with Crippen LogP contribution in [0.5, 0.6) is 0 Å². The van der Waals surface area contributed by atoms with Gasteiger partial charge in [0.25, 0.3) is 0 Å². The van der Waals surface area contributed by atoms with Crippen LogP contribution >= 0.6 is 0 Å². The molecule has 394 valence electrons. The quantitative estimate of drug-likeness (QED) is 0.0173. The first-order chi connectivity index (χ1) is 31.9. The number of ether oxygens (including phenoxy) is 3. The lowest BCUT2D eigenvalue weighted by Gasteiger charge is -2.38. The van der Waals surface area contributed by atoms with Gasteiger partial charge in [-0.25, -0.2) is 4.79 Å². The molecule has 6 N–H and O–H groups in total. The highest BCUT2D eigenvalue weighted by molar-refractivity contribution is 5.92. The molecule has 1 fully saturated rings. The van der Waals surface area contributed by atoms with Crippen LogP contribution in [-0.2, 0) is 28.6 Å². The van der Waals surface area contributed by atoms with E-state index in [1.165, 1.54) is 70.8 Å². The maximum atomic E-state index is 13.1. The predicted octanol–water partition coefficient (Wildman–Crippen LogP) is 10.1. The van der Waals surface area contributed by atoms with Crippen molar-refractivity contribution in [3.8, 4) is 0 Å². The Morgan fingerprint density at radius 1 is 0.838 bits per heavy atom. The molecule has 0 radical (unpaired) electrons. The highest BCUT2D eigenvalue weighted by Crippen LogP contribution is 2.41. The average Bonchev–Trinajstić information content (AvgIpc) is 3.55. The molecule has 0 aromatic carbocycles. The summed E-state index contributed by atoms with van der Waals surface area (Å²) in [4.78, 5) is 38.1. The summed E-state index contributed by atoms with van der Waals surface area (Å²) in [5.41, 5.74) is -0.700. The van der Waals surface area contributed by atoms with Crippen LogP contribution in [0.3, 0.4) is 0 Å². The van der Waals surface area contributed by atoms with E-state index >= 15 is 0 Å². The van der Waals surface area contributed by atoms with Gasteiger partial charge in [0.05, 0.1) is 36.6 Å². The highest BCUT2D eigenvalue weighted by atomic mass is 16.6. The van der Waals surface area contributed by atoms with E-state index in [9.17, 15) is 45.0 Å². The molecular weight excluding hydrogens is 865 g/mol. The zero-order chi connectivity index (χ0) is 51.2. The summed E-state index contributed by atoms with van der Waals surface area (Å²) >= 11 is 0. The van der Waals surface area contributed by atoms with Gasteiger partial charge in [0.2, 0.25) is 0 Å². The fourth-order valence-corrected chi connectivity index (χ4v) is 10.1. The van der Waals surface area contributed by atoms with Gasteiger partial charge in [-0.1, -0.05) is 142 Å². The molecular formula is C56H98O12. The van der Waals surface area contributed by atoms with Crippen molar-refractivity contribution in [2.24, 2.45) is 23.2 Å². The van der Waals surface area contributed by atoms with Crippen molar-refractivity contribution in [1.82, 2.24) is 0 Å². The topological polar surface area (TPSA) is 200 Å². The minimum absolute atomic E-state index is 0.0372. The van der Waals surface area contributed by atoms with E-state index in [1.54, 1.807) is 40.7 Å². The van der Waals surface area contributed by atoms with E-state index in [-0.39, 0.29) is 61.4 Å². The monoisotopic (exact) mass is 963 g/mol. The zero-order valence-electron chi connectivity index (χ0n) is 44.2. The van der Waals surface area contributed by atoms with Crippen LogP contribution in [0, 0.1) is 23.2 Å². The summed E-state index contributed by atoms with van der Waals surface area (Å²) in [7, 11) is 0.